The summed E-state index contributed by atoms with van der Waals surface area (Å²) in [6.07, 6.45) is 2.54. The lowest BCUT2D eigenvalue weighted by atomic mass is 10.2. The number of nitrogens with zero attached hydrogens (tertiary/aromatic N) is 2. The number of hydrogen-bond acceptors (Lipinski definition) is 5. The van der Waals surface area contributed by atoms with Gasteiger partial charge in [-0.05, 0) is 13.0 Å². The minimum absolute atomic E-state index is 0.0966. The van der Waals surface area contributed by atoms with Gasteiger partial charge in [-0.1, -0.05) is 11.6 Å². The molecule has 0 bridgehead atoms. The van der Waals surface area contributed by atoms with Crippen LogP contribution in [0.1, 0.15) is 12.7 Å². The summed E-state index contributed by atoms with van der Waals surface area (Å²) in [5, 5.41) is 0.239. The fraction of sp³-hybridized carbons (Fsp3) is 0.222. The lowest BCUT2D eigenvalue weighted by molar-refractivity contribution is -0.136. The molecule has 0 aromatic carbocycles. The van der Waals surface area contributed by atoms with Gasteiger partial charge in [-0.2, -0.15) is 0 Å². The Morgan fingerprint density at radius 3 is 3.00 bits per heavy atom. The molecule has 6 heteroatoms. The Bertz CT molecular complexity index is 393. The van der Waals surface area contributed by atoms with Gasteiger partial charge >= 0.3 is 5.97 Å². The van der Waals surface area contributed by atoms with E-state index in [2.05, 4.69) is 9.97 Å². The minimum atomic E-state index is -0.567. The van der Waals surface area contributed by atoms with E-state index in [4.69, 9.17) is 22.1 Å². The van der Waals surface area contributed by atoms with Crippen LogP contribution in [-0.4, -0.2) is 22.5 Å². The van der Waals surface area contributed by atoms with Crippen LogP contribution < -0.4 is 5.73 Å². The number of esters is 1. The van der Waals surface area contributed by atoms with Gasteiger partial charge in [-0.3, -0.25) is 0 Å². The minimum Gasteiger partial charge on any atom is -0.462 e. The van der Waals surface area contributed by atoms with Gasteiger partial charge in [0.15, 0.2) is 5.82 Å². The summed E-state index contributed by atoms with van der Waals surface area (Å²) < 4.78 is 4.78. The Hall–Kier alpha value is -1.62. The standard InChI is InChI=1S/C9H10ClN3O2/c1-2-15-9(14)6(5-11)8-12-4-3-7(10)13-8/h3-5H,2,11H2,1H3. The van der Waals surface area contributed by atoms with E-state index in [9.17, 15) is 4.79 Å². The molecule has 1 aromatic rings. The number of carbonyl (C=O) groups excluding carboxylic acids is 1. The van der Waals surface area contributed by atoms with Gasteiger partial charge in [0.05, 0.1) is 6.61 Å². The highest BCUT2D eigenvalue weighted by atomic mass is 35.5. The molecule has 1 heterocycles. The second kappa shape index (κ2) is 5.31. The molecular formula is C9H10ClN3O2. The van der Waals surface area contributed by atoms with E-state index in [-0.39, 0.29) is 23.2 Å². The topological polar surface area (TPSA) is 78.1 Å². The van der Waals surface area contributed by atoms with Crippen LogP contribution in [0, 0.1) is 0 Å². The van der Waals surface area contributed by atoms with Crippen LogP contribution in [0.4, 0.5) is 0 Å². The Labute approximate surface area is 91.9 Å². The van der Waals surface area contributed by atoms with E-state index in [1.165, 1.54) is 12.3 Å². The summed E-state index contributed by atoms with van der Waals surface area (Å²) in [5.74, 6) is -0.411. The van der Waals surface area contributed by atoms with E-state index in [1.807, 2.05) is 0 Å². The molecule has 15 heavy (non-hydrogen) atoms. The molecule has 0 fully saturated rings. The molecule has 0 saturated carbocycles. The number of halogens is 1. The van der Waals surface area contributed by atoms with E-state index >= 15 is 0 Å². The van der Waals surface area contributed by atoms with Crippen molar-refractivity contribution >= 4 is 23.1 Å². The Morgan fingerprint density at radius 2 is 2.47 bits per heavy atom. The van der Waals surface area contributed by atoms with Gasteiger partial charge in [0.1, 0.15) is 10.7 Å². The maximum atomic E-state index is 11.4. The SMILES string of the molecule is CCOC(=O)C(=CN)c1nccc(Cl)n1. The summed E-state index contributed by atoms with van der Waals surface area (Å²) >= 11 is 5.66. The first kappa shape index (κ1) is 11.5. The van der Waals surface area contributed by atoms with Crippen molar-refractivity contribution in [2.75, 3.05) is 6.61 Å². The van der Waals surface area contributed by atoms with Gasteiger partial charge in [0.2, 0.25) is 0 Å². The second-order valence-electron chi connectivity index (χ2n) is 2.50. The highest BCUT2D eigenvalue weighted by Gasteiger charge is 2.15. The number of nitrogens with two attached hydrogens (primary N) is 1. The zero-order valence-corrected chi connectivity index (χ0v) is 8.86. The van der Waals surface area contributed by atoms with Crippen molar-refractivity contribution < 1.29 is 9.53 Å². The van der Waals surface area contributed by atoms with Gasteiger partial charge in [-0.15, -0.1) is 0 Å². The third kappa shape index (κ3) is 2.92. The zero-order valence-electron chi connectivity index (χ0n) is 8.11. The number of rotatable bonds is 3. The first-order valence-electron chi connectivity index (χ1n) is 4.27. The predicted octanol–water partition coefficient (Wildman–Crippen LogP) is 0.993. The molecule has 0 spiro atoms. The normalized spacial score (nSPS) is 11.2. The van der Waals surface area contributed by atoms with Crippen LogP contribution in [0.5, 0.6) is 0 Å². The average Bonchev–Trinajstić information content (AvgIpc) is 2.19. The molecule has 1 rings (SSSR count). The molecule has 0 aliphatic carbocycles. The van der Waals surface area contributed by atoms with E-state index < -0.39 is 5.97 Å². The average molecular weight is 228 g/mol. The van der Waals surface area contributed by atoms with Gasteiger partial charge < -0.3 is 10.5 Å². The molecule has 80 valence electrons. The van der Waals surface area contributed by atoms with Crippen molar-refractivity contribution in [2.24, 2.45) is 5.73 Å². The molecular weight excluding hydrogens is 218 g/mol. The Morgan fingerprint density at radius 1 is 1.73 bits per heavy atom. The molecule has 0 aliphatic heterocycles. The van der Waals surface area contributed by atoms with Crippen LogP contribution in [0.15, 0.2) is 18.5 Å². The summed E-state index contributed by atoms with van der Waals surface area (Å²) in [4.78, 5) is 19.1. The molecule has 0 aliphatic rings. The maximum Gasteiger partial charge on any atom is 0.343 e. The van der Waals surface area contributed by atoms with Crippen LogP contribution in [-0.2, 0) is 9.53 Å². The zero-order chi connectivity index (χ0) is 11.3. The quantitative estimate of drug-likeness (QED) is 0.473. The van der Waals surface area contributed by atoms with Crippen molar-refractivity contribution in [3.8, 4) is 0 Å². The summed E-state index contributed by atoms with van der Waals surface area (Å²) in [5.41, 5.74) is 5.40. The van der Waals surface area contributed by atoms with E-state index in [0.717, 1.165) is 6.20 Å². The van der Waals surface area contributed by atoms with Crippen LogP contribution >= 0.6 is 11.6 Å². The first-order valence-corrected chi connectivity index (χ1v) is 4.64. The van der Waals surface area contributed by atoms with Gasteiger partial charge in [0.25, 0.3) is 0 Å². The molecule has 5 nitrogen and oxygen atoms in total. The van der Waals surface area contributed by atoms with Gasteiger partial charge in [-0.25, -0.2) is 14.8 Å². The fourth-order valence-electron chi connectivity index (χ4n) is 0.909. The van der Waals surface area contributed by atoms with Crippen molar-refractivity contribution in [1.82, 2.24) is 9.97 Å². The third-order valence-corrected chi connectivity index (χ3v) is 1.74. The number of carbonyl (C=O) groups is 1. The third-order valence-electron chi connectivity index (χ3n) is 1.52. The highest BCUT2D eigenvalue weighted by Crippen LogP contribution is 2.12. The highest BCUT2D eigenvalue weighted by molar-refractivity contribution is 6.29. The Balaban J connectivity index is 2.99. The van der Waals surface area contributed by atoms with E-state index in [0.29, 0.717) is 0 Å². The van der Waals surface area contributed by atoms with Crippen LogP contribution in [0.2, 0.25) is 5.15 Å². The van der Waals surface area contributed by atoms with Crippen molar-refractivity contribution in [3.63, 3.8) is 0 Å². The monoisotopic (exact) mass is 227 g/mol. The predicted molar refractivity (Wildman–Crippen MR) is 55.8 cm³/mol. The molecule has 0 radical (unpaired) electrons. The lowest BCUT2D eigenvalue weighted by Gasteiger charge is -2.04. The maximum absolute atomic E-state index is 11.4. The fourth-order valence-corrected chi connectivity index (χ4v) is 1.05. The smallest absolute Gasteiger partial charge is 0.343 e. The van der Waals surface area contributed by atoms with Crippen molar-refractivity contribution in [2.45, 2.75) is 6.92 Å². The second-order valence-corrected chi connectivity index (χ2v) is 2.89. The molecule has 0 atom stereocenters. The summed E-state index contributed by atoms with van der Waals surface area (Å²) in [6.45, 7) is 1.96. The first-order chi connectivity index (χ1) is 7.19. The van der Waals surface area contributed by atoms with E-state index in [1.54, 1.807) is 6.92 Å². The summed E-state index contributed by atoms with van der Waals surface area (Å²) in [6, 6.07) is 1.50. The van der Waals surface area contributed by atoms with Crippen LogP contribution in [0.3, 0.4) is 0 Å². The van der Waals surface area contributed by atoms with Crippen molar-refractivity contribution in [3.05, 3.63) is 29.4 Å². The number of aromatic nitrogens is 2. The number of ether oxygens (including phenoxy) is 1. The largest absolute Gasteiger partial charge is 0.462 e. The molecule has 0 saturated heterocycles. The lowest BCUT2D eigenvalue weighted by Crippen LogP contribution is -2.11. The van der Waals surface area contributed by atoms with Gasteiger partial charge in [0, 0.05) is 12.4 Å². The molecule has 1 aromatic heterocycles. The van der Waals surface area contributed by atoms with Crippen LogP contribution in [0.25, 0.3) is 5.57 Å². The van der Waals surface area contributed by atoms with Crippen molar-refractivity contribution in [1.29, 1.82) is 0 Å². The molecule has 0 unspecified atom stereocenters. The molecule has 0 amide bonds. The Kier molecular flexibility index (Phi) is 4.05. The number of hydrogen-bond donors (Lipinski definition) is 1. The molecule has 2 N–H and O–H groups in total. The summed E-state index contributed by atoms with van der Waals surface area (Å²) in [7, 11) is 0.